The highest BCUT2D eigenvalue weighted by atomic mass is 35.5. The van der Waals surface area contributed by atoms with Crippen molar-refractivity contribution in [2.45, 2.75) is 12.1 Å². The molecule has 1 N–H and O–H groups in total. The molecule has 7 nitrogen and oxygen atoms in total. The van der Waals surface area contributed by atoms with E-state index < -0.39 is 6.10 Å². The van der Waals surface area contributed by atoms with Gasteiger partial charge in [0.15, 0.2) is 0 Å². The van der Waals surface area contributed by atoms with Gasteiger partial charge in [-0.25, -0.2) is 0 Å². The molecule has 0 fully saturated rings. The van der Waals surface area contributed by atoms with Gasteiger partial charge in [0.1, 0.15) is 17.9 Å². The molecule has 0 saturated carbocycles. The summed E-state index contributed by atoms with van der Waals surface area (Å²) in [6.45, 7) is 0. The van der Waals surface area contributed by atoms with Gasteiger partial charge in [0.05, 0.1) is 5.70 Å². The van der Waals surface area contributed by atoms with Crippen LogP contribution in [0, 0.1) is 0 Å². The van der Waals surface area contributed by atoms with Crippen molar-refractivity contribution in [3.63, 3.8) is 0 Å². The average Bonchev–Trinajstić information content (AvgIpc) is 3.26. The minimum Gasteiger partial charge on any atom is -0.480 e. The molecule has 0 amide bonds. The zero-order chi connectivity index (χ0) is 20.9. The molecule has 0 spiro atoms. The second-order valence-corrected chi connectivity index (χ2v) is 8.16. The van der Waals surface area contributed by atoms with Gasteiger partial charge in [0.2, 0.25) is 5.95 Å². The van der Waals surface area contributed by atoms with Crippen molar-refractivity contribution in [1.82, 2.24) is 25.2 Å². The molecule has 4 aromatic rings. The standard InChI is InChI=1S/C22H14Cl2N6O/c23-14-5-1-3-12(9-14)21-18-19(16-10-15(24)6-7-17(16)31-21)26-22-27-28-29-30(22)20(18)13-4-2-8-25-11-13/h1-11,20-21H,(H,26,27,29)/t20-,21+/m1/s1. The van der Waals surface area contributed by atoms with Gasteiger partial charge < -0.3 is 10.1 Å². The van der Waals surface area contributed by atoms with Crippen molar-refractivity contribution < 1.29 is 4.74 Å². The van der Waals surface area contributed by atoms with E-state index >= 15 is 0 Å². The predicted molar refractivity (Wildman–Crippen MR) is 117 cm³/mol. The average molecular weight is 449 g/mol. The number of halogens is 2. The second-order valence-electron chi connectivity index (χ2n) is 7.28. The molecule has 0 saturated heterocycles. The first-order valence-electron chi connectivity index (χ1n) is 9.60. The van der Waals surface area contributed by atoms with E-state index in [1.165, 1.54) is 0 Å². The summed E-state index contributed by atoms with van der Waals surface area (Å²) in [7, 11) is 0. The first-order chi connectivity index (χ1) is 15.2. The topological polar surface area (TPSA) is 77.8 Å². The Bertz CT molecular complexity index is 1340. The van der Waals surface area contributed by atoms with Gasteiger partial charge in [-0.15, -0.1) is 0 Å². The molecular formula is C22H14Cl2N6O. The van der Waals surface area contributed by atoms with Crippen LogP contribution in [0.25, 0.3) is 5.70 Å². The zero-order valence-corrected chi connectivity index (χ0v) is 17.4. The lowest BCUT2D eigenvalue weighted by Gasteiger charge is -2.38. The molecule has 0 aliphatic carbocycles. The smallest absolute Gasteiger partial charge is 0.248 e. The number of aromatic nitrogens is 5. The zero-order valence-electron chi connectivity index (χ0n) is 15.9. The molecule has 152 valence electrons. The van der Waals surface area contributed by atoms with Crippen molar-refractivity contribution in [3.05, 3.63) is 99.3 Å². The minimum absolute atomic E-state index is 0.328. The van der Waals surface area contributed by atoms with E-state index in [2.05, 4.69) is 25.8 Å². The number of fused-ring (bicyclic) bond motifs is 3. The first kappa shape index (κ1) is 18.4. The Hall–Kier alpha value is -3.42. The third kappa shape index (κ3) is 2.97. The van der Waals surface area contributed by atoms with E-state index in [0.29, 0.717) is 21.7 Å². The molecular weight excluding hydrogens is 435 g/mol. The van der Waals surface area contributed by atoms with Gasteiger partial charge in [-0.1, -0.05) is 46.5 Å². The molecule has 0 bridgehead atoms. The number of rotatable bonds is 2. The van der Waals surface area contributed by atoms with Crippen molar-refractivity contribution in [3.8, 4) is 5.75 Å². The summed E-state index contributed by atoms with van der Waals surface area (Å²) in [6, 6.07) is 16.8. The van der Waals surface area contributed by atoms with Crippen LogP contribution in [-0.2, 0) is 0 Å². The summed E-state index contributed by atoms with van der Waals surface area (Å²) in [5.41, 5.74) is 4.53. The number of hydrogen-bond acceptors (Lipinski definition) is 6. The molecule has 31 heavy (non-hydrogen) atoms. The number of benzene rings is 2. The highest BCUT2D eigenvalue weighted by Gasteiger charge is 2.41. The Morgan fingerprint density at radius 2 is 1.84 bits per heavy atom. The maximum atomic E-state index is 6.52. The fourth-order valence-corrected chi connectivity index (χ4v) is 4.54. The van der Waals surface area contributed by atoms with E-state index in [4.69, 9.17) is 27.9 Å². The van der Waals surface area contributed by atoms with Gasteiger partial charge in [0.25, 0.3) is 0 Å². The second kappa shape index (κ2) is 7.08. The lowest BCUT2D eigenvalue weighted by molar-refractivity contribution is 0.222. The summed E-state index contributed by atoms with van der Waals surface area (Å²) in [5.74, 6) is 1.25. The molecule has 2 atom stereocenters. The maximum Gasteiger partial charge on any atom is 0.248 e. The van der Waals surface area contributed by atoms with E-state index in [1.807, 2.05) is 60.8 Å². The number of nitrogens with zero attached hydrogens (tertiary/aromatic N) is 5. The number of tetrazole rings is 1. The number of ether oxygens (including phenoxy) is 1. The Morgan fingerprint density at radius 3 is 2.68 bits per heavy atom. The van der Waals surface area contributed by atoms with Crippen LogP contribution in [0.1, 0.15) is 28.8 Å². The van der Waals surface area contributed by atoms with Gasteiger partial charge in [-0.2, -0.15) is 4.68 Å². The quantitative estimate of drug-likeness (QED) is 0.468. The normalized spacial score (nSPS) is 19.0. The lowest BCUT2D eigenvalue weighted by atomic mass is 9.85. The van der Waals surface area contributed by atoms with Crippen LogP contribution >= 0.6 is 23.2 Å². The molecule has 4 heterocycles. The Kier molecular flexibility index (Phi) is 4.19. The number of hydrogen-bond donors (Lipinski definition) is 1. The van der Waals surface area contributed by atoms with Gasteiger partial charge in [-0.3, -0.25) is 4.98 Å². The molecule has 2 aliphatic heterocycles. The lowest BCUT2D eigenvalue weighted by Crippen LogP contribution is -2.32. The van der Waals surface area contributed by atoms with Crippen LogP contribution < -0.4 is 10.1 Å². The van der Waals surface area contributed by atoms with Crippen LogP contribution in [-0.4, -0.2) is 25.2 Å². The monoisotopic (exact) mass is 448 g/mol. The van der Waals surface area contributed by atoms with E-state index in [9.17, 15) is 0 Å². The molecule has 2 aliphatic rings. The number of pyridine rings is 1. The Labute approximate surface area is 187 Å². The van der Waals surface area contributed by atoms with Crippen molar-refractivity contribution >= 4 is 34.8 Å². The summed E-state index contributed by atoms with van der Waals surface area (Å²) in [6.07, 6.45) is 3.13. The third-order valence-corrected chi connectivity index (χ3v) is 5.92. The SMILES string of the molecule is Clc1cccc([C@@H]2Oc3ccc(Cl)cc3C3=C2[C@@H](c2cccnc2)n2nnnc2N3)c1. The predicted octanol–water partition coefficient (Wildman–Crippen LogP) is 4.93. The molecule has 0 unspecified atom stereocenters. The van der Waals surface area contributed by atoms with Crippen LogP contribution in [0.15, 0.2) is 72.6 Å². The summed E-state index contributed by atoms with van der Waals surface area (Å²) in [4.78, 5) is 4.32. The number of nitrogens with one attached hydrogen (secondary N) is 1. The summed E-state index contributed by atoms with van der Waals surface area (Å²) < 4.78 is 8.27. The van der Waals surface area contributed by atoms with Crippen molar-refractivity contribution in [2.75, 3.05) is 5.32 Å². The van der Waals surface area contributed by atoms with Crippen molar-refractivity contribution in [2.24, 2.45) is 0 Å². The molecule has 9 heteroatoms. The summed E-state index contributed by atoms with van der Waals surface area (Å²) in [5, 5.41) is 16.9. The highest BCUT2D eigenvalue weighted by Crippen LogP contribution is 2.50. The molecule has 0 radical (unpaired) electrons. The van der Waals surface area contributed by atoms with E-state index in [1.54, 1.807) is 10.9 Å². The third-order valence-electron chi connectivity index (χ3n) is 5.45. The van der Waals surface area contributed by atoms with Crippen molar-refractivity contribution in [1.29, 1.82) is 0 Å². The van der Waals surface area contributed by atoms with Crippen LogP contribution in [0.5, 0.6) is 5.75 Å². The van der Waals surface area contributed by atoms with Gasteiger partial charge >= 0.3 is 0 Å². The number of anilines is 1. The molecule has 6 rings (SSSR count). The summed E-state index contributed by atoms with van der Waals surface area (Å²) >= 11 is 12.7. The Balaban J connectivity index is 1.65. The molecule has 2 aromatic carbocycles. The Morgan fingerprint density at radius 1 is 0.968 bits per heavy atom. The van der Waals surface area contributed by atoms with E-state index in [0.717, 1.165) is 28.0 Å². The van der Waals surface area contributed by atoms with E-state index in [-0.39, 0.29) is 6.04 Å². The fourth-order valence-electron chi connectivity index (χ4n) is 4.17. The van der Waals surface area contributed by atoms with Gasteiger partial charge in [-0.05, 0) is 58.0 Å². The first-order valence-corrected chi connectivity index (χ1v) is 10.4. The van der Waals surface area contributed by atoms with Crippen LogP contribution in [0.4, 0.5) is 5.95 Å². The molecule has 2 aromatic heterocycles. The highest BCUT2D eigenvalue weighted by molar-refractivity contribution is 6.31. The fraction of sp³-hybridized carbons (Fsp3) is 0.0909. The maximum absolute atomic E-state index is 6.52. The van der Waals surface area contributed by atoms with Gasteiger partial charge in [0, 0.05) is 33.6 Å². The van der Waals surface area contributed by atoms with Crippen LogP contribution in [0.2, 0.25) is 10.0 Å². The minimum atomic E-state index is -0.419. The largest absolute Gasteiger partial charge is 0.480 e. The van der Waals surface area contributed by atoms with Crippen LogP contribution in [0.3, 0.4) is 0 Å².